The zero-order chi connectivity index (χ0) is 17.8. The monoisotopic (exact) mass is 359 g/mol. The molecule has 1 aliphatic carbocycles. The number of carbonyl (C=O) groups excluding carboxylic acids is 1. The molecule has 6 nitrogen and oxygen atoms in total. The summed E-state index contributed by atoms with van der Waals surface area (Å²) in [6.45, 7) is 3.42. The first-order chi connectivity index (χ1) is 11.3. The molecule has 0 bridgehead atoms. The molecule has 24 heavy (non-hydrogen) atoms. The van der Waals surface area contributed by atoms with E-state index in [1.807, 2.05) is 6.92 Å². The van der Waals surface area contributed by atoms with E-state index in [2.05, 4.69) is 24.3 Å². The Kier molecular flexibility index (Phi) is 6.67. The Hall–Kier alpha value is -0.660. The van der Waals surface area contributed by atoms with Crippen molar-refractivity contribution in [3.05, 3.63) is 0 Å². The molecule has 2 aliphatic rings. The van der Waals surface area contributed by atoms with E-state index in [0.717, 1.165) is 25.7 Å². The fraction of sp³-hybridized carbons (Fsp3) is 0.941. The van der Waals surface area contributed by atoms with Crippen LogP contribution in [0.1, 0.15) is 51.9 Å². The van der Waals surface area contributed by atoms with E-state index in [4.69, 9.17) is 0 Å². The Labute approximate surface area is 147 Å². The summed E-state index contributed by atoms with van der Waals surface area (Å²) in [7, 11) is 0.950. The van der Waals surface area contributed by atoms with Crippen molar-refractivity contribution >= 4 is 15.9 Å². The number of hydrogen-bond acceptors (Lipinski definition) is 4. The fourth-order valence-electron chi connectivity index (χ4n) is 4.01. The van der Waals surface area contributed by atoms with Gasteiger partial charge in [-0.1, -0.05) is 19.8 Å². The van der Waals surface area contributed by atoms with Gasteiger partial charge >= 0.3 is 0 Å². The van der Waals surface area contributed by atoms with Gasteiger partial charge in [0.2, 0.25) is 15.9 Å². The van der Waals surface area contributed by atoms with Gasteiger partial charge in [-0.05, 0) is 46.2 Å². The van der Waals surface area contributed by atoms with Crippen molar-refractivity contribution in [1.82, 2.24) is 14.5 Å². The standard InChI is InChI=1S/C17H33N3O3S/c1-4-12-24(22,23)20-11-7-8-15(13-20)16(21)18-14-17(19(2)3)9-5-6-10-17/h15H,4-14H2,1-3H3,(H,18,21). The van der Waals surface area contributed by atoms with Crippen LogP contribution in [0, 0.1) is 5.92 Å². The number of rotatable bonds is 7. The quantitative estimate of drug-likeness (QED) is 0.746. The molecule has 1 amide bonds. The second kappa shape index (κ2) is 8.15. The van der Waals surface area contributed by atoms with Crippen molar-refractivity contribution in [1.29, 1.82) is 0 Å². The molecule has 7 heteroatoms. The van der Waals surface area contributed by atoms with Crippen LogP contribution in [-0.2, 0) is 14.8 Å². The number of nitrogens with one attached hydrogen (secondary N) is 1. The molecular weight excluding hydrogens is 326 g/mol. The molecule has 1 unspecified atom stereocenters. The van der Waals surface area contributed by atoms with Crippen molar-refractivity contribution in [2.75, 3.05) is 39.5 Å². The Morgan fingerprint density at radius 2 is 1.92 bits per heavy atom. The van der Waals surface area contributed by atoms with Crippen LogP contribution in [0.4, 0.5) is 0 Å². The van der Waals surface area contributed by atoms with Crippen molar-refractivity contribution < 1.29 is 13.2 Å². The largest absolute Gasteiger partial charge is 0.354 e. The zero-order valence-corrected chi connectivity index (χ0v) is 16.2. The summed E-state index contributed by atoms with van der Waals surface area (Å²) in [6.07, 6.45) is 6.80. The van der Waals surface area contributed by atoms with Gasteiger partial charge < -0.3 is 10.2 Å². The molecule has 2 fully saturated rings. The summed E-state index contributed by atoms with van der Waals surface area (Å²) in [4.78, 5) is 14.8. The molecule has 0 radical (unpaired) electrons. The highest BCUT2D eigenvalue weighted by molar-refractivity contribution is 7.89. The second-order valence-corrected chi connectivity index (χ2v) is 9.65. The molecule has 2 rings (SSSR count). The van der Waals surface area contributed by atoms with E-state index in [-0.39, 0.29) is 23.1 Å². The highest BCUT2D eigenvalue weighted by atomic mass is 32.2. The first-order valence-corrected chi connectivity index (χ1v) is 10.8. The summed E-state index contributed by atoms with van der Waals surface area (Å²) in [5, 5.41) is 3.12. The van der Waals surface area contributed by atoms with Crippen LogP contribution < -0.4 is 5.32 Å². The van der Waals surface area contributed by atoms with E-state index >= 15 is 0 Å². The first kappa shape index (κ1) is 19.7. The van der Waals surface area contributed by atoms with Crippen LogP contribution >= 0.6 is 0 Å². The number of sulfonamides is 1. The van der Waals surface area contributed by atoms with E-state index in [9.17, 15) is 13.2 Å². The van der Waals surface area contributed by atoms with Crippen molar-refractivity contribution in [3.8, 4) is 0 Å². The van der Waals surface area contributed by atoms with Crippen LogP contribution in [0.3, 0.4) is 0 Å². The van der Waals surface area contributed by atoms with Crippen LogP contribution in [0.5, 0.6) is 0 Å². The smallest absolute Gasteiger partial charge is 0.224 e. The SMILES string of the molecule is CCCS(=O)(=O)N1CCCC(C(=O)NCC2(N(C)C)CCCC2)C1. The number of nitrogens with zero attached hydrogens (tertiary/aromatic N) is 2. The van der Waals surface area contributed by atoms with Gasteiger partial charge in [0.15, 0.2) is 0 Å². The Balaban J connectivity index is 1.92. The second-order valence-electron chi connectivity index (χ2n) is 7.56. The van der Waals surface area contributed by atoms with Gasteiger partial charge in [0.05, 0.1) is 11.7 Å². The molecule has 1 saturated carbocycles. The third kappa shape index (κ3) is 4.49. The van der Waals surface area contributed by atoms with Gasteiger partial charge in [0.25, 0.3) is 0 Å². The third-order valence-corrected chi connectivity index (χ3v) is 7.73. The molecule has 1 atom stereocenters. The lowest BCUT2D eigenvalue weighted by Crippen LogP contribution is -2.53. The Morgan fingerprint density at radius 1 is 1.25 bits per heavy atom. The predicted octanol–water partition coefficient (Wildman–Crippen LogP) is 1.43. The number of carbonyl (C=O) groups is 1. The van der Waals surface area contributed by atoms with Crippen molar-refractivity contribution in [2.24, 2.45) is 5.92 Å². The van der Waals surface area contributed by atoms with Crippen molar-refractivity contribution in [3.63, 3.8) is 0 Å². The number of piperidine rings is 1. The molecule has 0 aromatic rings. The van der Waals surface area contributed by atoms with Gasteiger partial charge in [0.1, 0.15) is 0 Å². The maximum atomic E-state index is 12.6. The van der Waals surface area contributed by atoms with Gasteiger partial charge in [0, 0.05) is 25.2 Å². The number of likely N-dealkylation sites (N-methyl/N-ethyl adjacent to an activating group) is 1. The molecular formula is C17H33N3O3S. The molecule has 140 valence electrons. The lowest BCUT2D eigenvalue weighted by Gasteiger charge is -2.37. The van der Waals surface area contributed by atoms with Gasteiger partial charge in [-0.25, -0.2) is 12.7 Å². The Morgan fingerprint density at radius 3 is 2.50 bits per heavy atom. The predicted molar refractivity (Wildman–Crippen MR) is 96.3 cm³/mol. The zero-order valence-electron chi connectivity index (χ0n) is 15.4. The molecule has 0 spiro atoms. The van der Waals surface area contributed by atoms with E-state index in [1.54, 1.807) is 0 Å². The first-order valence-electron chi connectivity index (χ1n) is 9.24. The topological polar surface area (TPSA) is 69.7 Å². The highest BCUT2D eigenvalue weighted by Crippen LogP contribution is 2.33. The fourth-order valence-corrected chi connectivity index (χ4v) is 5.60. The van der Waals surface area contributed by atoms with Gasteiger partial charge in [-0.2, -0.15) is 0 Å². The lowest BCUT2D eigenvalue weighted by atomic mass is 9.94. The molecule has 1 heterocycles. The Bertz CT molecular complexity index is 527. The van der Waals surface area contributed by atoms with Crippen LogP contribution in [0.25, 0.3) is 0 Å². The normalized spacial score (nSPS) is 25.1. The summed E-state index contributed by atoms with van der Waals surface area (Å²) in [5.41, 5.74) is 0.0678. The maximum absolute atomic E-state index is 12.6. The van der Waals surface area contributed by atoms with Gasteiger partial charge in [-0.15, -0.1) is 0 Å². The summed E-state index contributed by atoms with van der Waals surface area (Å²) < 4.78 is 26.0. The van der Waals surface area contributed by atoms with Crippen LogP contribution in [0.15, 0.2) is 0 Å². The van der Waals surface area contributed by atoms with Crippen molar-refractivity contribution in [2.45, 2.75) is 57.4 Å². The van der Waals surface area contributed by atoms with Gasteiger partial charge in [-0.3, -0.25) is 4.79 Å². The number of amides is 1. The summed E-state index contributed by atoms with van der Waals surface area (Å²) >= 11 is 0. The van der Waals surface area contributed by atoms with E-state index < -0.39 is 10.0 Å². The van der Waals surface area contributed by atoms with Crippen LogP contribution in [-0.4, -0.2) is 68.6 Å². The molecule has 0 aromatic heterocycles. The lowest BCUT2D eigenvalue weighted by molar-refractivity contribution is -0.126. The third-order valence-electron chi connectivity index (χ3n) is 5.69. The minimum absolute atomic E-state index is 0.0134. The summed E-state index contributed by atoms with van der Waals surface area (Å²) in [5.74, 6) is -0.0315. The minimum atomic E-state index is -3.21. The van der Waals surface area contributed by atoms with E-state index in [1.165, 1.54) is 17.1 Å². The molecule has 1 N–H and O–H groups in total. The van der Waals surface area contributed by atoms with Crippen LogP contribution in [0.2, 0.25) is 0 Å². The molecule has 1 saturated heterocycles. The minimum Gasteiger partial charge on any atom is -0.354 e. The average Bonchev–Trinajstić information content (AvgIpc) is 3.03. The summed E-state index contributed by atoms with van der Waals surface area (Å²) in [6, 6.07) is 0. The van der Waals surface area contributed by atoms with E-state index in [0.29, 0.717) is 26.1 Å². The maximum Gasteiger partial charge on any atom is 0.224 e. The molecule has 0 aromatic carbocycles. The highest BCUT2D eigenvalue weighted by Gasteiger charge is 2.37. The number of hydrogen-bond donors (Lipinski definition) is 1. The molecule has 1 aliphatic heterocycles. The average molecular weight is 360 g/mol.